The predicted octanol–water partition coefficient (Wildman–Crippen LogP) is 3.65. The van der Waals surface area contributed by atoms with Gasteiger partial charge in [0.2, 0.25) is 5.91 Å². The molecule has 1 aromatic rings. The van der Waals surface area contributed by atoms with Crippen LogP contribution in [0, 0.1) is 22.2 Å². The van der Waals surface area contributed by atoms with Crippen molar-refractivity contribution in [2.45, 2.75) is 38.5 Å². The summed E-state index contributed by atoms with van der Waals surface area (Å²) < 4.78 is 0. The first kappa shape index (κ1) is 17.3. The molecule has 1 heterocycles. The van der Waals surface area contributed by atoms with E-state index in [9.17, 15) is 14.9 Å². The van der Waals surface area contributed by atoms with E-state index in [2.05, 4.69) is 0 Å². The number of rotatable bonds is 2. The number of hydrogen-bond acceptors (Lipinski definition) is 3. The first-order chi connectivity index (χ1) is 12.2. The van der Waals surface area contributed by atoms with E-state index in [0.717, 1.165) is 18.4 Å². The van der Waals surface area contributed by atoms with Gasteiger partial charge in [-0.2, -0.15) is 5.26 Å². The number of benzene rings is 1. The molecule has 4 nitrogen and oxygen atoms in total. The molecule has 1 saturated heterocycles. The van der Waals surface area contributed by atoms with Gasteiger partial charge >= 0.3 is 0 Å². The number of nitrogens with zero attached hydrogens (tertiary/aromatic N) is 2. The number of ketones is 1. The largest absolute Gasteiger partial charge is 0.340 e. The minimum Gasteiger partial charge on any atom is -0.340 e. The molecule has 0 N–H and O–H groups in total. The molecule has 0 atom stereocenters. The molecule has 2 fully saturated rings. The van der Waals surface area contributed by atoms with Crippen LogP contribution >= 0.6 is 11.6 Å². The average Bonchev–Trinajstić information content (AvgIpc) is 3.37. The molecule has 134 valence electrons. The number of hydrogen-bond donors (Lipinski definition) is 0. The van der Waals surface area contributed by atoms with E-state index in [0.29, 0.717) is 24.5 Å². The molecular formula is C21H21ClN2O2. The molecule has 0 aromatic heterocycles. The highest BCUT2D eigenvalue weighted by Gasteiger charge is 2.58. The second kappa shape index (κ2) is 5.44. The Hall–Kier alpha value is -2.12. The smallest absolute Gasteiger partial charge is 0.233 e. The van der Waals surface area contributed by atoms with Gasteiger partial charge in [-0.1, -0.05) is 43.7 Å². The van der Waals surface area contributed by atoms with Gasteiger partial charge in [0.05, 0.1) is 11.0 Å². The molecule has 3 aliphatic rings. The molecule has 1 amide bonds. The first-order valence-corrected chi connectivity index (χ1v) is 9.32. The van der Waals surface area contributed by atoms with Crippen molar-refractivity contribution >= 4 is 23.3 Å². The van der Waals surface area contributed by atoms with E-state index in [1.165, 1.54) is 0 Å². The molecule has 5 heteroatoms. The fraction of sp³-hybridized carbons (Fsp3) is 0.476. The fourth-order valence-electron chi connectivity index (χ4n) is 4.71. The van der Waals surface area contributed by atoms with E-state index in [1.807, 2.05) is 55.2 Å². The van der Waals surface area contributed by atoms with Crippen LogP contribution in [0.5, 0.6) is 0 Å². The lowest BCUT2D eigenvalue weighted by atomic mass is 9.61. The van der Waals surface area contributed by atoms with Crippen LogP contribution in [0.3, 0.4) is 0 Å². The minimum atomic E-state index is -0.553. The molecule has 26 heavy (non-hydrogen) atoms. The third kappa shape index (κ3) is 2.49. The number of Topliss-reactive ketones (excluding diaryl/α,β-unsaturated/α-hetero) is 1. The van der Waals surface area contributed by atoms with Gasteiger partial charge in [0.15, 0.2) is 5.78 Å². The highest BCUT2D eigenvalue weighted by molar-refractivity contribution is 6.30. The van der Waals surface area contributed by atoms with Gasteiger partial charge in [0.25, 0.3) is 0 Å². The number of nitriles is 1. The lowest BCUT2D eigenvalue weighted by Crippen LogP contribution is -2.62. The Morgan fingerprint density at radius 2 is 1.81 bits per heavy atom. The summed E-state index contributed by atoms with van der Waals surface area (Å²) in [6, 6.07) is 9.60. The zero-order chi connectivity index (χ0) is 18.7. The van der Waals surface area contributed by atoms with Crippen LogP contribution in [0.25, 0.3) is 0 Å². The fourth-order valence-corrected chi connectivity index (χ4v) is 4.84. The summed E-state index contributed by atoms with van der Waals surface area (Å²) in [6.45, 7) is 4.95. The monoisotopic (exact) mass is 368 g/mol. The molecule has 1 spiro atoms. The standard InChI is InChI=1S/C21H21ClN2O2/c1-19(2)11-20(9-14(10-23)17(19)25)12-24(13-20)18(26)21(7-8-21)15-3-5-16(22)6-4-15/h3-6,9H,7-8,11-13H2,1-2H3. The summed E-state index contributed by atoms with van der Waals surface area (Å²) in [5.74, 6) is 0.0716. The summed E-state index contributed by atoms with van der Waals surface area (Å²) in [6.07, 6.45) is 4.22. The maximum atomic E-state index is 13.1. The zero-order valence-electron chi connectivity index (χ0n) is 15.0. The Kier molecular flexibility index (Phi) is 3.62. The van der Waals surface area contributed by atoms with E-state index >= 15 is 0 Å². The van der Waals surface area contributed by atoms with Crippen molar-refractivity contribution in [2.24, 2.45) is 10.8 Å². The highest BCUT2D eigenvalue weighted by atomic mass is 35.5. The molecular weight excluding hydrogens is 348 g/mol. The van der Waals surface area contributed by atoms with Gasteiger partial charge in [0, 0.05) is 28.9 Å². The SMILES string of the molecule is CC1(C)CC2(C=C(C#N)C1=O)CN(C(=O)C1(c3ccc(Cl)cc3)CC1)C2. The Bertz CT molecular complexity index is 866. The van der Waals surface area contributed by atoms with Crippen LogP contribution in [0.4, 0.5) is 0 Å². The summed E-state index contributed by atoms with van der Waals surface area (Å²) in [7, 11) is 0. The van der Waals surface area contributed by atoms with Gasteiger partial charge in [0.1, 0.15) is 6.07 Å². The predicted molar refractivity (Wildman–Crippen MR) is 98.5 cm³/mol. The summed E-state index contributed by atoms with van der Waals surface area (Å²) in [5, 5.41) is 9.97. The van der Waals surface area contributed by atoms with Gasteiger partial charge in [-0.25, -0.2) is 0 Å². The molecule has 2 aliphatic carbocycles. The third-order valence-electron chi connectivity index (χ3n) is 6.08. The molecule has 1 aliphatic heterocycles. The Morgan fingerprint density at radius 1 is 1.19 bits per heavy atom. The van der Waals surface area contributed by atoms with Gasteiger partial charge < -0.3 is 4.90 Å². The van der Waals surface area contributed by atoms with E-state index in [1.54, 1.807) is 0 Å². The molecule has 0 radical (unpaired) electrons. The number of amides is 1. The number of likely N-dealkylation sites (tertiary alicyclic amines) is 1. The van der Waals surface area contributed by atoms with Crippen molar-refractivity contribution in [3.8, 4) is 6.07 Å². The summed E-state index contributed by atoms with van der Waals surface area (Å²) in [5.41, 5.74) is 0.0670. The van der Waals surface area contributed by atoms with Crippen LogP contribution in [0.2, 0.25) is 5.02 Å². The van der Waals surface area contributed by atoms with E-state index in [4.69, 9.17) is 11.6 Å². The number of allylic oxidation sites excluding steroid dienone is 1. The average molecular weight is 369 g/mol. The van der Waals surface area contributed by atoms with Gasteiger partial charge in [-0.15, -0.1) is 0 Å². The van der Waals surface area contributed by atoms with Crippen LogP contribution < -0.4 is 0 Å². The normalized spacial score (nSPS) is 24.5. The molecule has 0 bridgehead atoms. The summed E-state index contributed by atoms with van der Waals surface area (Å²) in [4.78, 5) is 27.3. The number of halogens is 1. The number of carbonyl (C=O) groups excluding carboxylic acids is 2. The lowest BCUT2D eigenvalue weighted by Gasteiger charge is -2.54. The topological polar surface area (TPSA) is 61.2 Å². The lowest BCUT2D eigenvalue weighted by molar-refractivity contribution is -0.146. The van der Waals surface area contributed by atoms with Gasteiger partial charge in [-0.3, -0.25) is 9.59 Å². The quantitative estimate of drug-likeness (QED) is 0.800. The van der Waals surface area contributed by atoms with Crippen molar-refractivity contribution in [2.75, 3.05) is 13.1 Å². The second-order valence-corrected chi connectivity index (χ2v) is 9.11. The number of carbonyl (C=O) groups is 2. The highest BCUT2D eigenvalue weighted by Crippen LogP contribution is 2.54. The Balaban J connectivity index is 1.54. The zero-order valence-corrected chi connectivity index (χ0v) is 15.8. The van der Waals surface area contributed by atoms with Crippen LogP contribution in [-0.4, -0.2) is 29.7 Å². The Morgan fingerprint density at radius 3 is 2.35 bits per heavy atom. The maximum absolute atomic E-state index is 13.1. The van der Waals surface area contributed by atoms with Crippen LogP contribution in [0.1, 0.15) is 38.7 Å². The minimum absolute atomic E-state index is 0.0878. The first-order valence-electron chi connectivity index (χ1n) is 8.95. The van der Waals surface area contributed by atoms with Crippen molar-refractivity contribution in [1.29, 1.82) is 5.26 Å². The van der Waals surface area contributed by atoms with E-state index < -0.39 is 10.8 Å². The molecule has 0 unspecified atom stereocenters. The van der Waals surface area contributed by atoms with Crippen LogP contribution in [-0.2, 0) is 15.0 Å². The second-order valence-electron chi connectivity index (χ2n) is 8.67. The van der Waals surface area contributed by atoms with Crippen LogP contribution in [0.15, 0.2) is 35.9 Å². The Labute approximate surface area is 158 Å². The van der Waals surface area contributed by atoms with Crippen molar-refractivity contribution in [3.63, 3.8) is 0 Å². The van der Waals surface area contributed by atoms with E-state index in [-0.39, 0.29) is 22.7 Å². The maximum Gasteiger partial charge on any atom is 0.233 e. The third-order valence-corrected chi connectivity index (χ3v) is 6.33. The summed E-state index contributed by atoms with van der Waals surface area (Å²) >= 11 is 5.97. The van der Waals surface area contributed by atoms with Crippen molar-refractivity contribution in [3.05, 3.63) is 46.5 Å². The molecule has 1 aromatic carbocycles. The molecule has 1 saturated carbocycles. The van der Waals surface area contributed by atoms with Gasteiger partial charge in [-0.05, 0) is 37.0 Å². The van der Waals surface area contributed by atoms with Crippen molar-refractivity contribution in [1.82, 2.24) is 4.90 Å². The van der Waals surface area contributed by atoms with Crippen molar-refractivity contribution < 1.29 is 9.59 Å². The molecule has 4 rings (SSSR count).